The maximum atomic E-state index is 6.23. The first-order valence-corrected chi connectivity index (χ1v) is 7.90. The van der Waals surface area contributed by atoms with Crippen molar-refractivity contribution in [1.82, 2.24) is 15.0 Å². The third-order valence-electron chi connectivity index (χ3n) is 4.13. The molecule has 0 aliphatic carbocycles. The molecule has 0 aromatic carbocycles. The summed E-state index contributed by atoms with van der Waals surface area (Å²) in [5.41, 5.74) is 1.08. The number of piperidine rings is 1. The van der Waals surface area contributed by atoms with Gasteiger partial charge in [-0.25, -0.2) is 15.0 Å². The van der Waals surface area contributed by atoms with Gasteiger partial charge in [0.1, 0.15) is 5.82 Å². The van der Waals surface area contributed by atoms with Crippen molar-refractivity contribution in [3.8, 4) is 0 Å². The van der Waals surface area contributed by atoms with Gasteiger partial charge in [0.15, 0.2) is 0 Å². The smallest absolute Gasteiger partial charge is 0.225 e. The molecule has 3 rings (SSSR count). The van der Waals surface area contributed by atoms with E-state index < -0.39 is 0 Å². The van der Waals surface area contributed by atoms with Crippen molar-refractivity contribution in [1.29, 1.82) is 0 Å². The number of hydrogen-bond donors (Lipinski definition) is 0. The van der Waals surface area contributed by atoms with Gasteiger partial charge in [-0.3, -0.25) is 0 Å². The fourth-order valence-corrected chi connectivity index (χ4v) is 3.05. The van der Waals surface area contributed by atoms with E-state index in [1.807, 2.05) is 31.5 Å². The Labute approximate surface area is 136 Å². The van der Waals surface area contributed by atoms with Crippen molar-refractivity contribution in [3.05, 3.63) is 41.3 Å². The van der Waals surface area contributed by atoms with Gasteiger partial charge in [0, 0.05) is 44.8 Å². The Kier molecular flexibility index (Phi) is 4.43. The molecule has 2 aromatic heterocycles. The van der Waals surface area contributed by atoms with Crippen LogP contribution in [-0.2, 0) is 0 Å². The molecule has 5 nitrogen and oxygen atoms in total. The van der Waals surface area contributed by atoms with E-state index in [1.165, 1.54) is 0 Å². The lowest BCUT2D eigenvalue weighted by Gasteiger charge is -2.37. The molecule has 0 unspecified atom stereocenters. The third kappa shape index (κ3) is 3.14. The summed E-state index contributed by atoms with van der Waals surface area (Å²) in [6.07, 6.45) is 7.60. The molecule has 6 heteroatoms. The van der Waals surface area contributed by atoms with Crippen LogP contribution in [0.3, 0.4) is 0 Å². The van der Waals surface area contributed by atoms with Gasteiger partial charge >= 0.3 is 0 Å². The van der Waals surface area contributed by atoms with Crippen molar-refractivity contribution in [2.24, 2.45) is 0 Å². The van der Waals surface area contributed by atoms with E-state index in [2.05, 4.69) is 31.8 Å². The second-order valence-electron chi connectivity index (χ2n) is 5.70. The van der Waals surface area contributed by atoms with Gasteiger partial charge in [0.2, 0.25) is 5.95 Å². The summed E-state index contributed by atoms with van der Waals surface area (Å²) < 4.78 is 0. The Morgan fingerprint density at radius 3 is 2.50 bits per heavy atom. The quantitative estimate of drug-likeness (QED) is 0.871. The van der Waals surface area contributed by atoms with Crippen LogP contribution in [0, 0.1) is 6.92 Å². The molecule has 0 atom stereocenters. The molecule has 0 N–H and O–H groups in total. The van der Waals surface area contributed by atoms with Crippen LogP contribution >= 0.6 is 11.6 Å². The SMILES string of the molecule is Cc1cnc(N(C)C2CCN(c3ncccc3Cl)CC2)nc1. The maximum absolute atomic E-state index is 6.23. The van der Waals surface area contributed by atoms with Crippen LogP contribution < -0.4 is 9.80 Å². The highest BCUT2D eigenvalue weighted by atomic mass is 35.5. The fourth-order valence-electron chi connectivity index (χ4n) is 2.81. The largest absolute Gasteiger partial charge is 0.355 e. The number of rotatable bonds is 3. The lowest BCUT2D eigenvalue weighted by Crippen LogP contribution is -2.44. The topological polar surface area (TPSA) is 45.2 Å². The minimum absolute atomic E-state index is 0.446. The standard InChI is InChI=1S/C16H20ClN5/c1-12-10-19-16(20-11-12)21(2)13-5-8-22(9-6-13)15-14(17)4-3-7-18-15/h3-4,7,10-11,13H,5-6,8-9H2,1-2H3. The van der Waals surface area contributed by atoms with E-state index in [1.54, 1.807) is 6.20 Å². The molecule has 3 heterocycles. The van der Waals surface area contributed by atoms with E-state index in [9.17, 15) is 0 Å². The van der Waals surface area contributed by atoms with E-state index in [4.69, 9.17) is 11.6 Å². The number of halogens is 1. The molecule has 22 heavy (non-hydrogen) atoms. The van der Waals surface area contributed by atoms with Crippen molar-refractivity contribution < 1.29 is 0 Å². The molecule has 2 aromatic rings. The summed E-state index contributed by atoms with van der Waals surface area (Å²) in [5.74, 6) is 1.68. The Morgan fingerprint density at radius 2 is 1.86 bits per heavy atom. The average Bonchev–Trinajstić information content (AvgIpc) is 2.56. The van der Waals surface area contributed by atoms with Crippen molar-refractivity contribution >= 4 is 23.4 Å². The normalized spacial score (nSPS) is 15.9. The van der Waals surface area contributed by atoms with E-state index >= 15 is 0 Å². The summed E-state index contributed by atoms with van der Waals surface area (Å²) in [4.78, 5) is 17.7. The zero-order chi connectivity index (χ0) is 15.5. The van der Waals surface area contributed by atoms with Crippen LogP contribution in [0.5, 0.6) is 0 Å². The highest BCUT2D eigenvalue weighted by molar-refractivity contribution is 6.32. The van der Waals surface area contributed by atoms with Crippen molar-refractivity contribution in [2.45, 2.75) is 25.8 Å². The van der Waals surface area contributed by atoms with Crippen LogP contribution in [0.15, 0.2) is 30.7 Å². The van der Waals surface area contributed by atoms with E-state index in [0.717, 1.165) is 48.3 Å². The predicted octanol–water partition coefficient (Wildman–Crippen LogP) is 2.94. The van der Waals surface area contributed by atoms with Crippen molar-refractivity contribution in [3.63, 3.8) is 0 Å². The van der Waals surface area contributed by atoms with Gasteiger partial charge in [-0.2, -0.15) is 0 Å². The second kappa shape index (κ2) is 6.48. The van der Waals surface area contributed by atoms with E-state index in [0.29, 0.717) is 6.04 Å². The zero-order valence-electron chi connectivity index (χ0n) is 12.9. The summed E-state index contributed by atoms with van der Waals surface area (Å²) in [7, 11) is 2.07. The van der Waals surface area contributed by atoms with Crippen LogP contribution in [-0.4, -0.2) is 41.1 Å². The molecule has 0 saturated carbocycles. The fraction of sp³-hybridized carbons (Fsp3) is 0.438. The number of aryl methyl sites for hydroxylation is 1. The molecule has 116 valence electrons. The molecule has 0 bridgehead atoms. The Morgan fingerprint density at radius 1 is 1.18 bits per heavy atom. The Hall–Kier alpha value is -1.88. The second-order valence-corrected chi connectivity index (χ2v) is 6.11. The first kappa shape index (κ1) is 15.0. The highest BCUT2D eigenvalue weighted by Crippen LogP contribution is 2.27. The summed E-state index contributed by atoms with van der Waals surface area (Å²) in [5, 5.41) is 0.719. The van der Waals surface area contributed by atoms with Crippen LogP contribution in [0.4, 0.5) is 11.8 Å². The predicted molar refractivity (Wildman–Crippen MR) is 89.7 cm³/mol. The number of pyridine rings is 1. The minimum atomic E-state index is 0.446. The molecule has 0 amide bonds. The lowest BCUT2D eigenvalue weighted by atomic mass is 10.0. The molecule has 1 aliphatic rings. The summed E-state index contributed by atoms with van der Waals surface area (Å²) >= 11 is 6.23. The van der Waals surface area contributed by atoms with Gasteiger partial charge < -0.3 is 9.80 Å². The first-order valence-electron chi connectivity index (χ1n) is 7.52. The van der Waals surface area contributed by atoms with Gasteiger partial charge in [-0.15, -0.1) is 0 Å². The molecule has 0 spiro atoms. The van der Waals surface area contributed by atoms with Gasteiger partial charge in [-0.1, -0.05) is 11.6 Å². The zero-order valence-corrected chi connectivity index (χ0v) is 13.7. The Balaban J connectivity index is 1.64. The first-order chi connectivity index (χ1) is 10.6. The lowest BCUT2D eigenvalue weighted by molar-refractivity contribution is 0.475. The monoisotopic (exact) mass is 317 g/mol. The maximum Gasteiger partial charge on any atom is 0.225 e. The number of nitrogens with zero attached hydrogens (tertiary/aromatic N) is 5. The van der Waals surface area contributed by atoms with Crippen LogP contribution in [0.1, 0.15) is 18.4 Å². The number of hydrogen-bond acceptors (Lipinski definition) is 5. The van der Waals surface area contributed by atoms with Crippen molar-refractivity contribution in [2.75, 3.05) is 29.9 Å². The molecular formula is C16H20ClN5. The van der Waals surface area contributed by atoms with Gasteiger partial charge in [-0.05, 0) is 37.5 Å². The average molecular weight is 318 g/mol. The summed E-state index contributed by atoms with van der Waals surface area (Å²) in [6.45, 7) is 3.88. The Bertz CT molecular complexity index is 623. The van der Waals surface area contributed by atoms with E-state index in [-0.39, 0.29) is 0 Å². The minimum Gasteiger partial charge on any atom is -0.355 e. The van der Waals surface area contributed by atoms with Crippen LogP contribution in [0.25, 0.3) is 0 Å². The van der Waals surface area contributed by atoms with Gasteiger partial charge in [0.05, 0.1) is 5.02 Å². The molecule has 1 fully saturated rings. The van der Waals surface area contributed by atoms with Gasteiger partial charge in [0.25, 0.3) is 0 Å². The van der Waals surface area contributed by atoms with Crippen LogP contribution in [0.2, 0.25) is 5.02 Å². The summed E-state index contributed by atoms with van der Waals surface area (Å²) in [6, 6.07) is 4.20. The molecule has 1 aliphatic heterocycles. The highest BCUT2D eigenvalue weighted by Gasteiger charge is 2.25. The third-order valence-corrected chi connectivity index (χ3v) is 4.43. The molecule has 0 radical (unpaired) electrons. The number of aromatic nitrogens is 3. The molecule has 1 saturated heterocycles. The number of anilines is 2. The molecular weight excluding hydrogens is 298 g/mol.